The Labute approximate surface area is 168 Å². The summed E-state index contributed by atoms with van der Waals surface area (Å²) in [5.41, 5.74) is 2.32. The minimum atomic E-state index is -0.490. The van der Waals surface area contributed by atoms with E-state index in [4.69, 9.17) is 9.15 Å². The molecular weight excluding hydrogens is 366 g/mol. The number of furan rings is 1. The SMILES string of the molecule is COc1ccc(C(=O)C(Cc2ccccc2)n2cncn2)c2cc(C3CC3)oc12. The molecule has 1 aliphatic carbocycles. The van der Waals surface area contributed by atoms with Crippen molar-refractivity contribution in [3.63, 3.8) is 0 Å². The first-order chi connectivity index (χ1) is 14.2. The molecule has 1 atom stereocenters. The van der Waals surface area contributed by atoms with Crippen LogP contribution in [0.5, 0.6) is 5.75 Å². The first-order valence-corrected chi connectivity index (χ1v) is 9.77. The average molecular weight is 387 g/mol. The van der Waals surface area contributed by atoms with Gasteiger partial charge in [0.05, 0.1) is 7.11 Å². The van der Waals surface area contributed by atoms with Crippen molar-refractivity contribution in [1.82, 2.24) is 14.8 Å². The first-order valence-electron chi connectivity index (χ1n) is 9.77. The number of carbonyl (C=O) groups excluding carboxylic acids is 1. The molecule has 0 bridgehead atoms. The van der Waals surface area contributed by atoms with Crippen molar-refractivity contribution in [2.45, 2.75) is 31.2 Å². The highest BCUT2D eigenvalue weighted by Gasteiger charge is 2.31. The van der Waals surface area contributed by atoms with E-state index in [1.165, 1.54) is 6.33 Å². The average Bonchev–Trinajstić information content (AvgIpc) is 3.27. The number of rotatable bonds is 7. The van der Waals surface area contributed by atoms with Crippen LogP contribution in [0.1, 0.15) is 46.5 Å². The Hall–Kier alpha value is -3.41. The van der Waals surface area contributed by atoms with Gasteiger partial charge in [-0.1, -0.05) is 30.3 Å². The van der Waals surface area contributed by atoms with Crippen molar-refractivity contribution >= 4 is 16.8 Å². The highest BCUT2D eigenvalue weighted by atomic mass is 16.5. The fourth-order valence-electron chi connectivity index (χ4n) is 3.76. The second kappa shape index (κ2) is 7.20. The van der Waals surface area contributed by atoms with E-state index in [0.29, 0.717) is 29.2 Å². The van der Waals surface area contributed by atoms with Gasteiger partial charge in [0.1, 0.15) is 24.5 Å². The third kappa shape index (κ3) is 3.31. The Balaban J connectivity index is 1.59. The molecule has 6 heteroatoms. The summed E-state index contributed by atoms with van der Waals surface area (Å²) in [5.74, 6) is 2.00. The predicted octanol–water partition coefficient (Wildman–Crippen LogP) is 4.58. The number of carbonyl (C=O) groups is 1. The van der Waals surface area contributed by atoms with E-state index in [9.17, 15) is 4.79 Å². The van der Waals surface area contributed by atoms with E-state index in [0.717, 1.165) is 29.6 Å². The van der Waals surface area contributed by atoms with Crippen LogP contribution in [0.15, 0.2) is 65.6 Å². The molecule has 29 heavy (non-hydrogen) atoms. The summed E-state index contributed by atoms with van der Waals surface area (Å²) in [6.45, 7) is 0. The predicted molar refractivity (Wildman–Crippen MR) is 108 cm³/mol. The highest BCUT2D eigenvalue weighted by Crippen LogP contribution is 2.44. The number of hydrogen-bond acceptors (Lipinski definition) is 5. The fourth-order valence-corrected chi connectivity index (χ4v) is 3.76. The zero-order valence-corrected chi connectivity index (χ0v) is 16.1. The molecule has 0 N–H and O–H groups in total. The van der Waals surface area contributed by atoms with E-state index in [-0.39, 0.29) is 5.78 Å². The van der Waals surface area contributed by atoms with Crippen molar-refractivity contribution < 1.29 is 13.9 Å². The number of Topliss-reactive ketones (excluding diaryl/α,β-unsaturated/α-hetero) is 1. The smallest absolute Gasteiger partial charge is 0.188 e. The van der Waals surface area contributed by atoms with Crippen LogP contribution < -0.4 is 4.74 Å². The minimum absolute atomic E-state index is 0.0184. The van der Waals surface area contributed by atoms with Crippen LogP contribution in [-0.2, 0) is 6.42 Å². The molecule has 1 saturated carbocycles. The summed E-state index contributed by atoms with van der Waals surface area (Å²) in [6, 6.07) is 15.1. The number of methoxy groups -OCH3 is 1. The quantitative estimate of drug-likeness (QED) is 0.434. The molecule has 0 spiro atoms. The van der Waals surface area contributed by atoms with Gasteiger partial charge in [-0.2, -0.15) is 5.10 Å². The van der Waals surface area contributed by atoms with Crippen LogP contribution in [0.2, 0.25) is 0 Å². The Morgan fingerprint density at radius 1 is 1.24 bits per heavy atom. The first kappa shape index (κ1) is 17.7. The molecule has 1 fully saturated rings. The third-order valence-corrected chi connectivity index (χ3v) is 5.46. The van der Waals surface area contributed by atoms with Crippen molar-refractivity contribution in [3.05, 3.63) is 78.1 Å². The summed E-state index contributed by atoms with van der Waals surface area (Å²) in [4.78, 5) is 17.7. The van der Waals surface area contributed by atoms with Crippen LogP contribution in [0, 0.1) is 0 Å². The Morgan fingerprint density at radius 3 is 2.76 bits per heavy atom. The lowest BCUT2D eigenvalue weighted by atomic mass is 9.95. The summed E-state index contributed by atoms with van der Waals surface area (Å²) < 4.78 is 13.2. The van der Waals surface area contributed by atoms with Crippen LogP contribution in [-0.4, -0.2) is 27.7 Å². The molecule has 0 amide bonds. The summed E-state index contributed by atoms with van der Waals surface area (Å²) in [7, 11) is 1.61. The van der Waals surface area contributed by atoms with E-state index >= 15 is 0 Å². The molecule has 1 aliphatic rings. The zero-order valence-electron chi connectivity index (χ0n) is 16.1. The molecule has 1 unspecified atom stereocenters. The topological polar surface area (TPSA) is 70.2 Å². The van der Waals surface area contributed by atoms with Gasteiger partial charge < -0.3 is 9.15 Å². The van der Waals surface area contributed by atoms with Gasteiger partial charge in [-0.3, -0.25) is 4.79 Å². The highest BCUT2D eigenvalue weighted by molar-refractivity contribution is 6.10. The molecule has 0 radical (unpaired) electrons. The third-order valence-electron chi connectivity index (χ3n) is 5.46. The van der Waals surface area contributed by atoms with Crippen molar-refractivity contribution in [3.8, 4) is 5.75 Å². The lowest BCUT2D eigenvalue weighted by Crippen LogP contribution is -2.23. The monoisotopic (exact) mass is 387 g/mol. The number of fused-ring (bicyclic) bond motifs is 1. The number of nitrogens with zero attached hydrogens (tertiary/aromatic N) is 3. The standard InChI is InChI=1S/C23H21N3O3/c1-28-20-10-9-17(18-12-21(16-7-8-16)29-23(18)20)22(27)19(26-14-24-13-25-26)11-15-5-3-2-4-6-15/h2-6,9-10,12-14,16,19H,7-8,11H2,1H3. The van der Waals surface area contributed by atoms with Gasteiger partial charge in [0.25, 0.3) is 0 Å². The van der Waals surface area contributed by atoms with Crippen molar-refractivity contribution in [2.75, 3.05) is 7.11 Å². The maximum atomic E-state index is 13.7. The van der Waals surface area contributed by atoms with E-state index in [2.05, 4.69) is 10.1 Å². The Bertz CT molecular complexity index is 1150. The maximum absolute atomic E-state index is 13.7. The molecule has 5 rings (SSSR count). The van der Waals surface area contributed by atoms with Gasteiger partial charge in [0, 0.05) is 23.3 Å². The van der Waals surface area contributed by atoms with Crippen LogP contribution >= 0.6 is 0 Å². The van der Waals surface area contributed by atoms with E-state index in [1.54, 1.807) is 24.2 Å². The number of hydrogen-bond donors (Lipinski definition) is 0. The lowest BCUT2D eigenvalue weighted by molar-refractivity contribution is 0.0918. The van der Waals surface area contributed by atoms with Crippen LogP contribution in [0.25, 0.3) is 11.0 Å². The number of ketones is 1. The van der Waals surface area contributed by atoms with Gasteiger partial charge in [0.15, 0.2) is 17.1 Å². The minimum Gasteiger partial charge on any atom is -0.493 e. The summed E-state index contributed by atoms with van der Waals surface area (Å²) in [5, 5.41) is 5.05. The molecule has 4 aromatic rings. The zero-order chi connectivity index (χ0) is 19.8. The van der Waals surface area contributed by atoms with Gasteiger partial charge in [0.2, 0.25) is 0 Å². The van der Waals surface area contributed by atoms with Crippen LogP contribution in [0.4, 0.5) is 0 Å². The molecule has 0 saturated heterocycles. The van der Waals surface area contributed by atoms with Crippen molar-refractivity contribution in [1.29, 1.82) is 0 Å². The molecule has 2 aromatic carbocycles. The van der Waals surface area contributed by atoms with Gasteiger partial charge in [-0.25, -0.2) is 9.67 Å². The Morgan fingerprint density at radius 2 is 2.07 bits per heavy atom. The molecule has 0 aliphatic heterocycles. The van der Waals surface area contributed by atoms with E-state index < -0.39 is 6.04 Å². The largest absolute Gasteiger partial charge is 0.493 e. The molecule has 2 heterocycles. The fraction of sp³-hybridized carbons (Fsp3) is 0.261. The number of aromatic nitrogens is 3. The molecular formula is C23H21N3O3. The maximum Gasteiger partial charge on any atom is 0.188 e. The number of ether oxygens (including phenoxy) is 1. The van der Waals surface area contributed by atoms with Crippen LogP contribution in [0.3, 0.4) is 0 Å². The van der Waals surface area contributed by atoms with Gasteiger partial charge in [-0.15, -0.1) is 0 Å². The Kier molecular flexibility index (Phi) is 4.39. The second-order valence-electron chi connectivity index (χ2n) is 7.43. The van der Waals surface area contributed by atoms with Gasteiger partial charge >= 0.3 is 0 Å². The molecule has 6 nitrogen and oxygen atoms in total. The van der Waals surface area contributed by atoms with Gasteiger partial charge in [-0.05, 0) is 36.6 Å². The lowest BCUT2D eigenvalue weighted by Gasteiger charge is -2.17. The summed E-state index contributed by atoms with van der Waals surface area (Å²) in [6.07, 6.45) is 5.83. The molecule has 2 aromatic heterocycles. The van der Waals surface area contributed by atoms with E-state index in [1.807, 2.05) is 42.5 Å². The second-order valence-corrected chi connectivity index (χ2v) is 7.43. The number of benzene rings is 2. The normalized spacial score (nSPS) is 14.8. The molecule has 146 valence electrons. The van der Waals surface area contributed by atoms with Crippen molar-refractivity contribution in [2.24, 2.45) is 0 Å². The summed E-state index contributed by atoms with van der Waals surface area (Å²) >= 11 is 0.